The third-order valence-electron chi connectivity index (χ3n) is 3.83. The summed E-state index contributed by atoms with van der Waals surface area (Å²) < 4.78 is 30.3. The van der Waals surface area contributed by atoms with Crippen molar-refractivity contribution < 1.29 is 22.7 Å². The van der Waals surface area contributed by atoms with Gasteiger partial charge >= 0.3 is 5.97 Å². The van der Waals surface area contributed by atoms with Gasteiger partial charge in [-0.3, -0.25) is 4.79 Å². The Kier molecular flexibility index (Phi) is 6.70. The first-order valence-corrected chi connectivity index (χ1v) is 9.71. The molecule has 2 aromatic rings. The van der Waals surface area contributed by atoms with Gasteiger partial charge in [-0.25, -0.2) is 17.5 Å². The molecule has 0 aromatic heterocycles. The number of carbonyl (C=O) groups excluding carboxylic acids is 2. The van der Waals surface area contributed by atoms with Crippen LogP contribution in [-0.2, 0) is 26.1 Å². The van der Waals surface area contributed by atoms with Crippen molar-refractivity contribution >= 4 is 21.9 Å². The predicted octanol–water partition coefficient (Wildman–Crippen LogP) is 1.80. The fourth-order valence-electron chi connectivity index (χ4n) is 2.18. The molecule has 0 saturated heterocycles. The summed E-state index contributed by atoms with van der Waals surface area (Å²) in [6.45, 7) is 1.81. The molecule has 0 aliphatic heterocycles. The summed E-state index contributed by atoms with van der Waals surface area (Å²) in [6, 6.07) is 14.7. The first-order chi connectivity index (χ1) is 12.7. The van der Waals surface area contributed by atoms with E-state index in [-0.39, 0.29) is 10.5 Å². The summed E-state index contributed by atoms with van der Waals surface area (Å²) in [5, 5.41) is 2.70. The number of hydrogen-bond donors (Lipinski definition) is 1. The molecular weight excluding hydrogens is 368 g/mol. The van der Waals surface area contributed by atoms with Gasteiger partial charge in [0, 0.05) is 20.6 Å². The van der Waals surface area contributed by atoms with E-state index in [9.17, 15) is 18.0 Å². The van der Waals surface area contributed by atoms with Crippen LogP contribution in [0.4, 0.5) is 0 Å². The van der Waals surface area contributed by atoms with Crippen LogP contribution in [0.15, 0.2) is 59.5 Å². The van der Waals surface area contributed by atoms with Crippen LogP contribution in [0.1, 0.15) is 22.8 Å². The molecule has 0 heterocycles. The second kappa shape index (κ2) is 8.79. The normalized spacial score (nSPS) is 12.4. The van der Waals surface area contributed by atoms with E-state index < -0.39 is 28.0 Å². The highest BCUT2D eigenvalue weighted by molar-refractivity contribution is 7.89. The van der Waals surface area contributed by atoms with Crippen molar-refractivity contribution in [1.82, 2.24) is 9.62 Å². The number of ether oxygens (including phenoxy) is 1. The Hall–Kier alpha value is -2.71. The monoisotopic (exact) mass is 390 g/mol. The molecule has 0 aliphatic rings. The second-order valence-corrected chi connectivity index (χ2v) is 8.21. The topological polar surface area (TPSA) is 92.8 Å². The fourth-order valence-corrected chi connectivity index (χ4v) is 3.09. The standard InChI is InChI=1S/C19H22N2O5S/c1-14(18(22)20-13-15-7-5-4-6-8-15)26-19(23)16-9-11-17(12-10-16)27(24,25)21(2)3/h4-12,14H,13H2,1-3H3,(H,20,22). The SMILES string of the molecule is CC(OC(=O)c1ccc(S(=O)(=O)N(C)C)cc1)C(=O)NCc1ccccc1. The van der Waals surface area contributed by atoms with E-state index in [1.165, 1.54) is 45.3 Å². The van der Waals surface area contributed by atoms with Gasteiger partial charge < -0.3 is 10.1 Å². The third kappa shape index (κ3) is 5.38. The minimum Gasteiger partial charge on any atom is -0.449 e. The lowest BCUT2D eigenvalue weighted by Gasteiger charge is -2.14. The van der Waals surface area contributed by atoms with Gasteiger partial charge in [0.1, 0.15) is 0 Å². The van der Waals surface area contributed by atoms with Gasteiger partial charge in [-0.2, -0.15) is 0 Å². The highest BCUT2D eigenvalue weighted by Gasteiger charge is 2.21. The number of carbonyl (C=O) groups is 2. The number of rotatable bonds is 7. The average molecular weight is 390 g/mol. The zero-order valence-electron chi connectivity index (χ0n) is 15.4. The Morgan fingerprint density at radius 3 is 2.19 bits per heavy atom. The minimum absolute atomic E-state index is 0.0673. The Labute approximate surface area is 159 Å². The molecule has 0 fully saturated rings. The van der Waals surface area contributed by atoms with Crippen molar-refractivity contribution in [2.24, 2.45) is 0 Å². The lowest BCUT2D eigenvalue weighted by atomic mass is 10.2. The molecule has 1 atom stereocenters. The maximum Gasteiger partial charge on any atom is 0.338 e. The number of esters is 1. The van der Waals surface area contributed by atoms with Crippen molar-refractivity contribution in [2.75, 3.05) is 14.1 Å². The van der Waals surface area contributed by atoms with E-state index in [4.69, 9.17) is 4.74 Å². The summed E-state index contributed by atoms with van der Waals surface area (Å²) in [7, 11) is -0.725. The van der Waals surface area contributed by atoms with E-state index in [0.717, 1.165) is 9.87 Å². The van der Waals surface area contributed by atoms with Gasteiger partial charge in [0.2, 0.25) is 10.0 Å². The molecule has 144 valence electrons. The van der Waals surface area contributed by atoms with Crippen molar-refractivity contribution in [1.29, 1.82) is 0 Å². The zero-order chi connectivity index (χ0) is 20.0. The van der Waals surface area contributed by atoms with Crippen LogP contribution in [0.5, 0.6) is 0 Å². The second-order valence-electron chi connectivity index (χ2n) is 6.06. The highest BCUT2D eigenvalue weighted by atomic mass is 32.2. The molecule has 27 heavy (non-hydrogen) atoms. The zero-order valence-corrected chi connectivity index (χ0v) is 16.2. The number of amides is 1. The molecule has 7 nitrogen and oxygen atoms in total. The number of nitrogens with one attached hydrogen (secondary N) is 1. The van der Waals surface area contributed by atoms with E-state index in [1.54, 1.807) is 0 Å². The van der Waals surface area contributed by atoms with E-state index >= 15 is 0 Å². The largest absolute Gasteiger partial charge is 0.449 e. The van der Waals surface area contributed by atoms with Gasteiger partial charge in [0.05, 0.1) is 10.5 Å². The first-order valence-electron chi connectivity index (χ1n) is 8.27. The van der Waals surface area contributed by atoms with E-state index in [1.807, 2.05) is 30.3 Å². The molecule has 1 unspecified atom stereocenters. The third-order valence-corrected chi connectivity index (χ3v) is 5.66. The van der Waals surface area contributed by atoms with Gasteiger partial charge in [-0.15, -0.1) is 0 Å². The lowest BCUT2D eigenvalue weighted by Crippen LogP contribution is -2.35. The van der Waals surface area contributed by atoms with E-state index in [0.29, 0.717) is 6.54 Å². The Bertz CT molecular complexity index is 893. The molecule has 8 heteroatoms. The van der Waals surface area contributed by atoms with Crippen molar-refractivity contribution in [3.63, 3.8) is 0 Å². The quantitative estimate of drug-likeness (QED) is 0.728. The van der Waals surface area contributed by atoms with Crippen LogP contribution in [-0.4, -0.2) is 44.8 Å². The van der Waals surface area contributed by atoms with Crippen LogP contribution < -0.4 is 5.32 Å². The Morgan fingerprint density at radius 1 is 1.04 bits per heavy atom. The van der Waals surface area contributed by atoms with Crippen LogP contribution in [0.25, 0.3) is 0 Å². The van der Waals surface area contributed by atoms with Crippen LogP contribution in [0, 0.1) is 0 Å². The smallest absolute Gasteiger partial charge is 0.338 e. The van der Waals surface area contributed by atoms with Crippen LogP contribution in [0.2, 0.25) is 0 Å². The van der Waals surface area contributed by atoms with Crippen molar-refractivity contribution in [2.45, 2.75) is 24.5 Å². The van der Waals surface area contributed by atoms with Gasteiger partial charge in [-0.1, -0.05) is 30.3 Å². The number of sulfonamides is 1. The molecule has 0 saturated carbocycles. The summed E-state index contributed by atoms with van der Waals surface area (Å²) in [5.74, 6) is -1.12. The first kappa shape index (κ1) is 20.6. The van der Waals surface area contributed by atoms with Gasteiger partial charge in [0.25, 0.3) is 5.91 Å². The Morgan fingerprint density at radius 2 is 1.63 bits per heavy atom. The summed E-state index contributed by atoms with van der Waals surface area (Å²) >= 11 is 0. The summed E-state index contributed by atoms with van der Waals surface area (Å²) in [4.78, 5) is 24.3. The van der Waals surface area contributed by atoms with Crippen LogP contribution in [0.3, 0.4) is 0 Å². The predicted molar refractivity (Wildman–Crippen MR) is 100 cm³/mol. The number of benzene rings is 2. The van der Waals surface area contributed by atoms with Gasteiger partial charge in [-0.05, 0) is 36.8 Å². The number of hydrogen-bond acceptors (Lipinski definition) is 5. The molecule has 1 N–H and O–H groups in total. The molecule has 2 aromatic carbocycles. The molecule has 0 radical (unpaired) electrons. The van der Waals surface area contributed by atoms with Crippen molar-refractivity contribution in [3.05, 3.63) is 65.7 Å². The maximum absolute atomic E-state index is 12.2. The highest BCUT2D eigenvalue weighted by Crippen LogP contribution is 2.15. The average Bonchev–Trinajstić information content (AvgIpc) is 2.66. The van der Waals surface area contributed by atoms with Crippen molar-refractivity contribution in [3.8, 4) is 0 Å². The van der Waals surface area contributed by atoms with Gasteiger partial charge in [0.15, 0.2) is 6.10 Å². The fraction of sp³-hybridized carbons (Fsp3) is 0.263. The molecule has 0 bridgehead atoms. The summed E-state index contributed by atoms with van der Waals surface area (Å²) in [5.41, 5.74) is 1.09. The molecule has 0 aliphatic carbocycles. The molecule has 2 rings (SSSR count). The number of nitrogens with zero attached hydrogens (tertiary/aromatic N) is 1. The lowest BCUT2D eigenvalue weighted by molar-refractivity contribution is -0.129. The van der Waals surface area contributed by atoms with E-state index in [2.05, 4.69) is 5.32 Å². The minimum atomic E-state index is -3.57. The molecular formula is C19H22N2O5S. The maximum atomic E-state index is 12.2. The summed E-state index contributed by atoms with van der Waals surface area (Å²) in [6.07, 6.45) is -0.980. The molecule has 1 amide bonds. The van der Waals surface area contributed by atoms with Crippen LogP contribution >= 0.6 is 0 Å². The Balaban J connectivity index is 1.94. The molecule has 0 spiro atoms.